The van der Waals surface area contributed by atoms with Crippen molar-refractivity contribution in [3.63, 3.8) is 0 Å². The van der Waals surface area contributed by atoms with Gasteiger partial charge in [-0.2, -0.15) is 0 Å². The Morgan fingerprint density at radius 2 is 1.85 bits per heavy atom. The normalized spacial score (nSPS) is 28.7. The van der Waals surface area contributed by atoms with Gasteiger partial charge in [-0.3, -0.25) is 4.90 Å². The Bertz CT molecular complexity index is 706. The Morgan fingerprint density at radius 3 is 2.62 bits per heavy atom. The van der Waals surface area contributed by atoms with E-state index in [1.165, 1.54) is 12.0 Å². The topological polar surface area (TPSA) is 38.5 Å². The molecule has 1 saturated carbocycles. The molecule has 0 spiro atoms. The van der Waals surface area contributed by atoms with Crippen molar-refractivity contribution in [2.75, 3.05) is 19.7 Å². The third-order valence-electron chi connectivity index (χ3n) is 5.85. The van der Waals surface area contributed by atoms with Crippen LogP contribution in [0.15, 0.2) is 59.1 Å². The number of benzene rings is 2. The van der Waals surface area contributed by atoms with Crippen LogP contribution in [0.25, 0.3) is 0 Å². The van der Waals surface area contributed by atoms with E-state index in [9.17, 15) is 0 Å². The van der Waals surface area contributed by atoms with Crippen LogP contribution in [0.5, 0.6) is 5.75 Å². The summed E-state index contributed by atoms with van der Waals surface area (Å²) in [6.07, 6.45) is 3.42. The van der Waals surface area contributed by atoms with Crippen LogP contribution in [0.1, 0.15) is 30.7 Å². The highest BCUT2D eigenvalue weighted by atomic mass is 79.9. The van der Waals surface area contributed by atoms with E-state index >= 15 is 0 Å². The Hall–Kier alpha value is -1.36. The third kappa shape index (κ3) is 4.30. The molecule has 0 bridgehead atoms. The molecule has 4 atom stereocenters. The fourth-order valence-corrected chi connectivity index (χ4v) is 4.45. The lowest BCUT2D eigenvalue weighted by atomic mass is 9.90. The van der Waals surface area contributed by atoms with Gasteiger partial charge in [0.15, 0.2) is 0 Å². The zero-order chi connectivity index (χ0) is 17.9. The lowest BCUT2D eigenvalue weighted by Crippen LogP contribution is -2.48. The number of ether oxygens (including phenoxy) is 1. The first-order valence-electron chi connectivity index (χ1n) is 9.63. The molecule has 3 nitrogen and oxygen atoms in total. The van der Waals surface area contributed by atoms with Gasteiger partial charge in [-0.1, -0.05) is 46.3 Å². The molecule has 1 aliphatic carbocycles. The highest BCUT2D eigenvalue weighted by molar-refractivity contribution is 9.10. The van der Waals surface area contributed by atoms with Crippen molar-refractivity contribution in [1.29, 1.82) is 0 Å². The summed E-state index contributed by atoms with van der Waals surface area (Å²) in [5.41, 5.74) is 7.91. The largest absolute Gasteiger partial charge is 0.494 e. The molecule has 1 aliphatic heterocycles. The van der Waals surface area contributed by atoms with Gasteiger partial charge >= 0.3 is 0 Å². The Balaban J connectivity index is 1.28. The van der Waals surface area contributed by atoms with E-state index in [-0.39, 0.29) is 0 Å². The van der Waals surface area contributed by atoms with Gasteiger partial charge in [-0.25, -0.2) is 0 Å². The van der Waals surface area contributed by atoms with Gasteiger partial charge in [0.2, 0.25) is 0 Å². The number of halogens is 1. The Kier molecular flexibility index (Phi) is 5.63. The number of piperidine rings is 1. The fourth-order valence-electron chi connectivity index (χ4n) is 4.19. The summed E-state index contributed by atoms with van der Waals surface area (Å²) < 4.78 is 7.00. The minimum Gasteiger partial charge on any atom is -0.494 e. The van der Waals surface area contributed by atoms with Crippen LogP contribution < -0.4 is 10.5 Å². The molecule has 4 heteroatoms. The molecule has 1 saturated heterocycles. The summed E-state index contributed by atoms with van der Waals surface area (Å²) in [5, 5.41) is 0. The third-order valence-corrected chi connectivity index (χ3v) is 6.38. The molecule has 26 heavy (non-hydrogen) atoms. The number of rotatable bonds is 6. The van der Waals surface area contributed by atoms with Gasteiger partial charge in [-0.05, 0) is 61.6 Å². The maximum absolute atomic E-state index is 6.42. The molecule has 2 aliphatic rings. The quantitative estimate of drug-likeness (QED) is 0.759. The van der Waals surface area contributed by atoms with E-state index in [1.807, 2.05) is 24.3 Å². The number of hydrogen-bond acceptors (Lipinski definition) is 3. The molecule has 2 fully saturated rings. The average molecular weight is 415 g/mol. The van der Waals surface area contributed by atoms with Gasteiger partial charge in [0.25, 0.3) is 0 Å². The van der Waals surface area contributed by atoms with E-state index in [0.29, 0.717) is 23.9 Å². The summed E-state index contributed by atoms with van der Waals surface area (Å²) in [5.74, 6) is 2.17. The van der Waals surface area contributed by atoms with Crippen molar-refractivity contribution in [2.45, 2.75) is 37.3 Å². The molecule has 138 valence electrons. The molecule has 1 heterocycles. The molecule has 4 rings (SSSR count). The molecule has 2 N–H and O–H groups in total. The zero-order valence-corrected chi connectivity index (χ0v) is 16.6. The second-order valence-corrected chi connectivity index (χ2v) is 8.53. The first kappa shape index (κ1) is 18.0. The highest BCUT2D eigenvalue weighted by Crippen LogP contribution is 2.45. The second kappa shape index (κ2) is 8.12. The second-order valence-electron chi connectivity index (χ2n) is 7.62. The van der Waals surface area contributed by atoms with Gasteiger partial charge in [0, 0.05) is 29.0 Å². The van der Waals surface area contributed by atoms with Crippen LogP contribution in [-0.4, -0.2) is 36.7 Å². The van der Waals surface area contributed by atoms with Crippen molar-refractivity contribution in [3.8, 4) is 5.75 Å². The highest BCUT2D eigenvalue weighted by Gasteiger charge is 2.44. The van der Waals surface area contributed by atoms with Crippen LogP contribution >= 0.6 is 15.9 Å². The molecule has 0 radical (unpaired) electrons. The van der Waals surface area contributed by atoms with Crippen molar-refractivity contribution in [3.05, 3.63) is 64.6 Å². The van der Waals surface area contributed by atoms with Gasteiger partial charge in [0.05, 0.1) is 6.61 Å². The minimum atomic E-state index is 0.300. The maximum Gasteiger partial charge on any atom is 0.119 e. The first-order valence-corrected chi connectivity index (χ1v) is 10.4. The lowest BCUT2D eigenvalue weighted by molar-refractivity contribution is 0.126. The van der Waals surface area contributed by atoms with Gasteiger partial charge in [0.1, 0.15) is 5.75 Å². The number of hydrogen-bond donors (Lipinski definition) is 1. The first-order chi connectivity index (χ1) is 12.7. The van der Waals surface area contributed by atoms with Crippen LogP contribution in [0.3, 0.4) is 0 Å². The van der Waals surface area contributed by atoms with Gasteiger partial charge < -0.3 is 10.5 Å². The predicted octanol–water partition coefficient (Wildman–Crippen LogP) is 4.42. The molecular weight excluding hydrogens is 388 g/mol. The molecule has 0 aromatic heterocycles. The molecule has 2 aromatic carbocycles. The molecule has 0 amide bonds. The molecule has 2 unspecified atom stereocenters. The minimum absolute atomic E-state index is 0.300. The molecular formula is C22H27BrN2O. The fraction of sp³-hybridized carbons (Fsp3) is 0.455. The Morgan fingerprint density at radius 1 is 1.08 bits per heavy atom. The predicted molar refractivity (Wildman–Crippen MR) is 109 cm³/mol. The van der Waals surface area contributed by atoms with Crippen molar-refractivity contribution in [1.82, 2.24) is 4.90 Å². The van der Waals surface area contributed by atoms with E-state index in [1.54, 1.807) is 0 Å². The Labute approximate surface area is 164 Å². The monoisotopic (exact) mass is 414 g/mol. The number of nitrogens with zero attached hydrogens (tertiary/aromatic N) is 1. The van der Waals surface area contributed by atoms with Crippen LogP contribution in [0.2, 0.25) is 0 Å². The smallest absolute Gasteiger partial charge is 0.119 e. The molecule has 2 aromatic rings. The van der Waals surface area contributed by atoms with Crippen LogP contribution in [0.4, 0.5) is 0 Å². The van der Waals surface area contributed by atoms with Crippen molar-refractivity contribution in [2.24, 2.45) is 11.7 Å². The summed E-state index contributed by atoms with van der Waals surface area (Å²) >= 11 is 3.45. The standard InChI is InChI=1S/C22H27BrN2O/c23-18-6-8-19(9-7-18)26-13-11-17-15-25(12-10-21(17)24)22-14-20(22)16-4-2-1-3-5-16/h1-9,17,20-22H,10-15,24H2/t17?,20-,21?,22+/m0/s1. The van der Waals surface area contributed by atoms with E-state index < -0.39 is 0 Å². The maximum atomic E-state index is 6.42. The summed E-state index contributed by atoms with van der Waals surface area (Å²) in [6, 6.07) is 20.0. The van der Waals surface area contributed by atoms with Crippen molar-refractivity contribution >= 4 is 15.9 Å². The number of nitrogens with two attached hydrogens (primary N) is 1. The van der Waals surface area contributed by atoms with Crippen LogP contribution in [0, 0.1) is 5.92 Å². The van der Waals surface area contributed by atoms with E-state index in [2.05, 4.69) is 51.2 Å². The average Bonchev–Trinajstić information content (AvgIpc) is 3.46. The lowest BCUT2D eigenvalue weighted by Gasteiger charge is -2.37. The SMILES string of the molecule is NC1CCN([C@@H]2C[C@H]2c2ccccc2)CC1CCOc1ccc(Br)cc1. The number of likely N-dealkylation sites (tertiary alicyclic amines) is 1. The summed E-state index contributed by atoms with van der Waals surface area (Å²) in [6.45, 7) is 2.98. The van der Waals surface area contributed by atoms with E-state index in [4.69, 9.17) is 10.5 Å². The summed E-state index contributed by atoms with van der Waals surface area (Å²) in [4.78, 5) is 2.67. The van der Waals surface area contributed by atoms with Crippen LogP contribution in [-0.2, 0) is 0 Å². The summed E-state index contributed by atoms with van der Waals surface area (Å²) in [7, 11) is 0. The zero-order valence-electron chi connectivity index (χ0n) is 15.1. The van der Waals surface area contributed by atoms with Gasteiger partial charge in [-0.15, -0.1) is 0 Å². The van der Waals surface area contributed by atoms with Crippen molar-refractivity contribution < 1.29 is 4.74 Å². The van der Waals surface area contributed by atoms with E-state index in [0.717, 1.165) is 42.8 Å².